The van der Waals surface area contributed by atoms with Gasteiger partial charge in [-0.2, -0.15) is 4.68 Å². The number of carbonyl (C=O) groups excluding carboxylic acids is 1. The van der Waals surface area contributed by atoms with E-state index in [1.807, 2.05) is 0 Å². The summed E-state index contributed by atoms with van der Waals surface area (Å²) in [4.78, 5) is 12.5. The summed E-state index contributed by atoms with van der Waals surface area (Å²) in [5.74, 6) is -1.70. The number of benzene rings is 2. The molecule has 1 heterocycles. The SMILES string of the molecule is CC(C)(Oc1ccc(Cl)cc1)C(=O)NCc1nnnn1-c1ccc(F)c(F)c1. The molecule has 0 atom stereocenters. The van der Waals surface area contributed by atoms with Gasteiger partial charge in [-0.15, -0.1) is 5.10 Å². The minimum absolute atomic E-state index is 0.0434. The van der Waals surface area contributed by atoms with Crippen LogP contribution in [0.25, 0.3) is 5.69 Å². The van der Waals surface area contributed by atoms with E-state index < -0.39 is 23.1 Å². The van der Waals surface area contributed by atoms with Gasteiger partial charge in [-0.25, -0.2) is 8.78 Å². The van der Waals surface area contributed by atoms with E-state index in [-0.39, 0.29) is 18.1 Å². The summed E-state index contributed by atoms with van der Waals surface area (Å²) in [6, 6.07) is 9.87. The molecule has 3 rings (SSSR count). The molecule has 0 saturated heterocycles. The third kappa shape index (κ3) is 4.42. The maximum Gasteiger partial charge on any atom is 0.263 e. The summed E-state index contributed by atoms with van der Waals surface area (Å²) in [5, 5.41) is 14.3. The van der Waals surface area contributed by atoms with Crippen LogP contribution in [0.4, 0.5) is 8.78 Å². The van der Waals surface area contributed by atoms with Crippen LogP contribution in [-0.2, 0) is 11.3 Å². The Labute approximate surface area is 164 Å². The largest absolute Gasteiger partial charge is 0.478 e. The van der Waals surface area contributed by atoms with Gasteiger partial charge in [-0.1, -0.05) is 11.6 Å². The zero-order chi connectivity index (χ0) is 20.3. The quantitative estimate of drug-likeness (QED) is 0.679. The molecule has 0 spiro atoms. The summed E-state index contributed by atoms with van der Waals surface area (Å²) in [6.45, 7) is 3.17. The first-order valence-electron chi connectivity index (χ1n) is 8.22. The maximum absolute atomic E-state index is 13.5. The third-order valence-corrected chi connectivity index (χ3v) is 4.07. The molecule has 28 heavy (non-hydrogen) atoms. The van der Waals surface area contributed by atoms with Crippen LogP contribution in [0.5, 0.6) is 5.75 Å². The predicted octanol–water partition coefficient (Wildman–Crippen LogP) is 3.07. The van der Waals surface area contributed by atoms with Crippen molar-refractivity contribution in [2.45, 2.75) is 26.0 Å². The topological polar surface area (TPSA) is 81.9 Å². The summed E-state index contributed by atoms with van der Waals surface area (Å²) in [6.07, 6.45) is 0. The van der Waals surface area contributed by atoms with Crippen molar-refractivity contribution in [3.05, 3.63) is 64.9 Å². The lowest BCUT2D eigenvalue weighted by molar-refractivity contribution is -0.134. The molecular formula is C18H16ClF2N5O2. The Morgan fingerprint density at radius 2 is 1.89 bits per heavy atom. The van der Waals surface area contributed by atoms with Crippen molar-refractivity contribution in [1.29, 1.82) is 0 Å². The number of aromatic nitrogens is 4. The fraction of sp³-hybridized carbons (Fsp3) is 0.222. The molecule has 1 amide bonds. The monoisotopic (exact) mass is 407 g/mol. The molecule has 7 nitrogen and oxygen atoms in total. The van der Waals surface area contributed by atoms with Crippen molar-refractivity contribution in [2.24, 2.45) is 0 Å². The molecule has 1 N–H and O–H groups in total. The Bertz CT molecular complexity index is 992. The Balaban J connectivity index is 1.68. The molecule has 2 aromatic carbocycles. The van der Waals surface area contributed by atoms with Crippen molar-refractivity contribution in [3.8, 4) is 11.4 Å². The van der Waals surface area contributed by atoms with Crippen molar-refractivity contribution in [2.75, 3.05) is 0 Å². The van der Waals surface area contributed by atoms with E-state index in [1.54, 1.807) is 38.1 Å². The van der Waals surface area contributed by atoms with E-state index in [0.717, 1.165) is 12.1 Å². The number of tetrazole rings is 1. The Kier molecular flexibility index (Phi) is 5.55. The molecule has 0 aliphatic carbocycles. The van der Waals surface area contributed by atoms with Crippen LogP contribution >= 0.6 is 11.6 Å². The van der Waals surface area contributed by atoms with Crippen LogP contribution in [0, 0.1) is 11.6 Å². The number of hydrogen-bond donors (Lipinski definition) is 1. The van der Waals surface area contributed by atoms with Crippen molar-refractivity contribution in [3.63, 3.8) is 0 Å². The van der Waals surface area contributed by atoms with Crippen molar-refractivity contribution in [1.82, 2.24) is 25.5 Å². The lowest BCUT2D eigenvalue weighted by Gasteiger charge is -2.25. The third-order valence-electron chi connectivity index (χ3n) is 3.82. The molecule has 3 aromatic rings. The lowest BCUT2D eigenvalue weighted by atomic mass is 10.1. The number of amides is 1. The Morgan fingerprint density at radius 1 is 1.18 bits per heavy atom. The van der Waals surface area contributed by atoms with E-state index in [9.17, 15) is 13.6 Å². The first kappa shape index (κ1) is 19.7. The van der Waals surface area contributed by atoms with Crippen LogP contribution in [0.1, 0.15) is 19.7 Å². The van der Waals surface area contributed by atoms with E-state index in [4.69, 9.17) is 16.3 Å². The molecule has 0 bridgehead atoms. The molecule has 10 heteroatoms. The molecule has 0 aliphatic rings. The molecule has 0 unspecified atom stereocenters. The molecule has 0 saturated carbocycles. The van der Waals surface area contributed by atoms with Crippen LogP contribution in [0.3, 0.4) is 0 Å². The number of rotatable bonds is 6. The molecule has 0 fully saturated rings. The normalized spacial score (nSPS) is 11.3. The van der Waals surface area contributed by atoms with E-state index >= 15 is 0 Å². The second kappa shape index (κ2) is 7.89. The van der Waals surface area contributed by atoms with Gasteiger partial charge in [0.05, 0.1) is 12.2 Å². The van der Waals surface area contributed by atoms with Crippen molar-refractivity contribution < 1.29 is 18.3 Å². The number of nitrogens with zero attached hydrogens (tertiary/aromatic N) is 4. The highest BCUT2D eigenvalue weighted by atomic mass is 35.5. The Hall–Kier alpha value is -3.07. The number of halogens is 3. The van der Waals surface area contributed by atoms with Gasteiger partial charge in [0, 0.05) is 11.1 Å². The molecule has 146 valence electrons. The number of hydrogen-bond acceptors (Lipinski definition) is 5. The first-order valence-corrected chi connectivity index (χ1v) is 8.59. The van der Waals surface area contributed by atoms with E-state index in [2.05, 4.69) is 20.8 Å². The van der Waals surface area contributed by atoms with Gasteiger partial charge >= 0.3 is 0 Å². The summed E-state index contributed by atoms with van der Waals surface area (Å²) in [5.41, 5.74) is -0.960. The van der Waals surface area contributed by atoms with Gasteiger partial charge in [0.25, 0.3) is 5.91 Å². The lowest BCUT2D eigenvalue weighted by Crippen LogP contribution is -2.46. The minimum Gasteiger partial charge on any atom is -0.478 e. The second-order valence-electron chi connectivity index (χ2n) is 6.35. The zero-order valence-corrected chi connectivity index (χ0v) is 15.7. The number of ether oxygens (including phenoxy) is 1. The highest BCUT2D eigenvalue weighted by Gasteiger charge is 2.30. The van der Waals surface area contributed by atoms with Gasteiger partial charge < -0.3 is 10.1 Å². The van der Waals surface area contributed by atoms with E-state index in [1.165, 1.54) is 10.7 Å². The summed E-state index contributed by atoms with van der Waals surface area (Å²) < 4.78 is 33.5. The smallest absolute Gasteiger partial charge is 0.263 e. The first-order chi connectivity index (χ1) is 13.3. The zero-order valence-electron chi connectivity index (χ0n) is 15.0. The van der Waals surface area contributed by atoms with Crippen LogP contribution in [0.2, 0.25) is 5.02 Å². The number of carbonyl (C=O) groups is 1. The van der Waals surface area contributed by atoms with E-state index in [0.29, 0.717) is 10.8 Å². The van der Waals surface area contributed by atoms with Gasteiger partial charge in [-0.05, 0) is 60.7 Å². The van der Waals surface area contributed by atoms with Crippen LogP contribution in [-0.4, -0.2) is 31.7 Å². The molecule has 0 aliphatic heterocycles. The molecule has 1 aromatic heterocycles. The fourth-order valence-electron chi connectivity index (χ4n) is 2.35. The second-order valence-corrected chi connectivity index (χ2v) is 6.79. The fourth-order valence-corrected chi connectivity index (χ4v) is 2.48. The van der Waals surface area contributed by atoms with Gasteiger partial charge in [0.15, 0.2) is 23.1 Å². The minimum atomic E-state index is -1.19. The average molecular weight is 408 g/mol. The predicted molar refractivity (Wildman–Crippen MR) is 97.1 cm³/mol. The average Bonchev–Trinajstić information content (AvgIpc) is 3.12. The highest BCUT2D eigenvalue weighted by Crippen LogP contribution is 2.21. The van der Waals surface area contributed by atoms with Crippen LogP contribution < -0.4 is 10.1 Å². The molecular weight excluding hydrogens is 392 g/mol. The maximum atomic E-state index is 13.5. The van der Waals surface area contributed by atoms with Crippen LogP contribution in [0.15, 0.2) is 42.5 Å². The van der Waals surface area contributed by atoms with Gasteiger partial charge in [-0.3, -0.25) is 4.79 Å². The van der Waals surface area contributed by atoms with Gasteiger partial charge in [0.2, 0.25) is 0 Å². The number of nitrogens with one attached hydrogen (secondary N) is 1. The van der Waals surface area contributed by atoms with Crippen molar-refractivity contribution >= 4 is 17.5 Å². The Morgan fingerprint density at radius 3 is 2.57 bits per heavy atom. The van der Waals surface area contributed by atoms with Gasteiger partial charge in [0.1, 0.15) is 5.75 Å². The highest BCUT2D eigenvalue weighted by molar-refractivity contribution is 6.30. The molecule has 0 radical (unpaired) electrons. The standard InChI is InChI=1S/C18H16ClF2N5O2/c1-18(2,28-13-6-3-11(19)4-7-13)17(27)22-10-16-23-24-25-26(16)12-5-8-14(20)15(21)9-12/h3-9H,10H2,1-2H3,(H,22,27). The summed E-state index contributed by atoms with van der Waals surface area (Å²) >= 11 is 5.84. The summed E-state index contributed by atoms with van der Waals surface area (Å²) in [7, 11) is 0.